The molecule has 0 saturated carbocycles. The summed E-state index contributed by atoms with van der Waals surface area (Å²) in [5.74, 6) is 0. The van der Waals surface area contributed by atoms with Gasteiger partial charge in [0.25, 0.3) is 5.22 Å². The first kappa shape index (κ1) is 12.2. The van der Waals surface area contributed by atoms with Crippen LogP contribution in [0.3, 0.4) is 0 Å². The third-order valence-electron chi connectivity index (χ3n) is 3.10. The van der Waals surface area contributed by atoms with Gasteiger partial charge in [-0.25, -0.2) is 4.98 Å². The Labute approximate surface area is 124 Å². The maximum absolute atomic E-state index is 5.75. The highest BCUT2D eigenvalue weighted by atomic mass is 32.2. The zero-order valence-corrected chi connectivity index (χ0v) is 11.7. The number of hydrogen-bond donors (Lipinski definition) is 1. The van der Waals surface area contributed by atoms with Crippen LogP contribution in [0.15, 0.2) is 63.2 Å². The van der Waals surface area contributed by atoms with Crippen LogP contribution in [0.5, 0.6) is 0 Å². The lowest BCUT2D eigenvalue weighted by Gasteiger charge is -2.01. The van der Waals surface area contributed by atoms with Crippen LogP contribution in [0.25, 0.3) is 22.0 Å². The second kappa shape index (κ2) is 4.75. The molecular weight excluding hydrogens is 284 g/mol. The lowest BCUT2D eigenvalue weighted by atomic mass is 10.2. The number of aromatic nitrogens is 3. The number of hydrogen-bond acceptors (Lipinski definition) is 6. The van der Waals surface area contributed by atoms with Gasteiger partial charge in [0, 0.05) is 16.0 Å². The van der Waals surface area contributed by atoms with E-state index in [-0.39, 0.29) is 0 Å². The van der Waals surface area contributed by atoms with Gasteiger partial charge in [-0.05, 0) is 36.0 Å². The maximum atomic E-state index is 5.75. The molecule has 5 nitrogen and oxygen atoms in total. The molecule has 0 amide bonds. The molecule has 0 aliphatic rings. The second-order valence-electron chi connectivity index (χ2n) is 4.53. The minimum atomic E-state index is 0.564. The Kier molecular flexibility index (Phi) is 2.75. The van der Waals surface area contributed by atoms with Crippen LogP contribution >= 0.6 is 11.8 Å². The first-order valence-corrected chi connectivity index (χ1v) is 7.15. The molecule has 0 radical (unpaired) electrons. The Balaban J connectivity index is 1.79. The summed E-state index contributed by atoms with van der Waals surface area (Å²) >= 11 is 1.43. The fourth-order valence-corrected chi connectivity index (χ4v) is 2.97. The standard InChI is InChI=1S/C15H10N4OS/c16-9-5-6-13-12(7-9)18-15(20-13)21-14-8-17-19-11-4-2-1-3-10(11)14/h1-8H,16H2. The summed E-state index contributed by atoms with van der Waals surface area (Å²) in [6, 6.07) is 13.3. The zero-order valence-electron chi connectivity index (χ0n) is 10.9. The average molecular weight is 294 g/mol. The quantitative estimate of drug-likeness (QED) is 0.570. The van der Waals surface area contributed by atoms with Crippen LogP contribution in [0.1, 0.15) is 0 Å². The molecule has 2 N–H and O–H groups in total. The molecule has 0 aliphatic carbocycles. The number of oxazole rings is 1. The van der Waals surface area contributed by atoms with Gasteiger partial charge in [-0.1, -0.05) is 18.2 Å². The second-order valence-corrected chi connectivity index (χ2v) is 5.53. The largest absolute Gasteiger partial charge is 0.431 e. The molecule has 0 fully saturated rings. The monoisotopic (exact) mass is 294 g/mol. The summed E-state index contributed by atoms with van der Waals surface area (Å²) < 4.78 is 5.72. The molecule has 0 unspecified atom stereocenters. The molecular formula is C15H10N4OS. The van der Waals surface area contributed by atoms with E-state index >= 15 is 0 Å². The molecule has 21 heavy (non-hydrogen) atoms. The smallest absolute Gasteiger partial charge is 0.261 e. The van der Waals surface area contributed by atoms with Crippen LogP contribution in [0.2, 0.25) is 0 Å². The summed E-state index contributed by atoms with van der Waals surface area (Å²) in [5, 5.41) is 9.71. The molecule has 4 rings (SSSR count). The highest BCUT2D eigenvalue weighted by Gasteiger charge is 2.10. The van der Waals surface area contributed by atoms with Gasteiger partial charge < -0.3 is 10.2 Å². The molecule has 0 saturated heterocycles. The van der Waals surface area contributed by atoms with Gasteiger partial charge >= 0.3 is 0 Å². The van der Waals surface area contributed by atoms with Gasteiger partial charge in [0.05, 0.1) is 11.7 Å². The van der Waals surface area contributed by atoms with Gasteiger partial charge in [0.1, 0.15) is 5.52 Å². The topological polar surface area (TPSA) is 77.8 Å². The number of anilines is 1. The Morgan fingerprint density at radius 2 is 1.95 bits per heavy atom. The lowest BCUT2D eigenvalue weighted by molar-refractivity contribution is 0.489. The Morgan fingerprint density at radius 3 is 2.90 bits per heavy atom. The summed E-state index contributed by atoms with van der Waals surface area (Å²) in [6.45, 7) is 0. The molecule has 0 spiro atoms. The summed E-state index contributed by atoms with van der Waals surface area (Å²) in [7, 11) is 0. The van der Waals surface area contributed by atoms with E-state index in [1.165, 1.54) is 11.8 Å². The molecule has 0 aliphatic heterocycles. The van der Waals surface area contributed by atoms with E-state index in [1.54, 1.807) is 18.3 Å². The van der Waals surface area contributed by atoms with Crippen LogP contribution in [0, 0.1) is 0 Å². The van der Waals surface area contributed by atoms with E-state index in [0.717, 1.165) is 26.9 Å². The van der Waals surface area contributed by atoms with Crippen molar-refractivity contribution in [3.8, 4) is 0 Å². The van der Waals surface area contributed by atoms with Crippen LogP contribution in [-0.2, 0) is 0 Å². The van der Waals surface area contributed by atoms with Crippen molar-refractivity contribution >= 4 is 39.5 Å². The Hall–Kier alpha value is -2.60. The molecule has 6 heteroatoms. The van der Waals surface area contributed by atoms with Gasteiger partial charge in [-0.2, -0.15) is 10.2 Å². The van der Waals surface area contributed by atoms with Crippen molar-refractivity contribution in [3.05, 3.63) is 48.7 Å². The zero-order chi connectivity index (χ0) is 14.2. The normalized spacial score (nSPS) is 11.2. The van der Waals surface area contributed by atoms with Crippen molar-refractivity contribution in [2.45, 2.75) is 10.1 Å². The third kappa shape index (κ3) is 2.19. The van der Waals surface area contributed by atoms with Crippen LogP contribution in [-0.4, -0.2) is 15.2 Å². The van der Waals surface area contributed by atoms with Crippen molar-refractivity contribution in [2.75, 3.05) is 5.73 Å². The number of nitrogens with two attached hydrogens (primary N) is 1. The number of benzene rings is 2. The SMILES string of the molecule is Nc1ccc2oc(Sc3cnnc4ccccc34)nc2c1. The highest BCUT2D eigenvalue weighted by molar-refractivity contribution is 7.99. The summed E-state index contributed by atoms with van der Waals surface area (Å²) in [6.07, 6.45) is 1.72. The molecule has 0 atom stereocenters. The molecule has 102 valence electrons. The first-order valence-electron chi connectivity index (χ1n) is 6.34. The Bertz CT molecular complexity index is 945. The van der Waals surface area contributed by atoms with Gasteiger partial charge in [0.15, 0.2) is 5.58 Å². The fraction of sp³-hybridized carbons (Fsp3) is 0. The molecule has 2 heterocycles. The van der Waals surface area contributed by atoms with E-state index in [1.807, 2.05) is 30.3 Å². The predicted molar refractivity (Wildman–Crippen MR) is 82.1 cm³/mol. The van der Waals surface area contributed by atoms with E-state index in [0.29, 0.717) is 10.9 Å². The number of nitrogens with zero attached hydrogens (tertiary/aromatic N) is 3. The van der Waals surface area contributed by atoms with Gasteiger partial charge in [0.2, 0.25) is 0 Å². The summed E-state index contributed by atoms with van der Waals surface area (Å²) in [5.41, 5.74) is 8.75. The molecule has 4 aromatic rings. The number of fused-ring (bicyclic) bond motifs is 2. The van der Waals surface area contributed by atoms with Crippen molar-refractivity contribution < 1.29 is 4.42 Å². The van der Waals surface area contributed by atoms with E-state index in [9.17, 15) is 0 Å². The molecule has 2 aromatic carbocycles. The maximum Gasteiger partial charge on any atom is 0.261 e. The van der Waals surface area contributed by atoms with Crippen molar-refractivity contribution in [1.29, 1.82) is 0 Å². The average Bonchev–Trinajstić information content (AvgIpc) is 2.89. The van der Waals surface area contributed by atoms with Crippen LogP contribution < -0.4 is 5.73 Å². The van der Waals surface area contributed by atoms with Crippen molar-refractivity contribution in [1.82, 2.24) is 15.2 Å². The third-order valence-corrected chi connectivity index (χ3v) is 3.99. The highest BCUT2D eigenvalue weighted by Crippen LogP contribution is 2.33. The fourth-order valence-electron chi connectivity index (χ4n) is 2.12. The van der Waals surface area contributed by atoms with E-state index in [2.05, 4.69) is 15.2 Å². The number of rotatable bonds is 2. The van der Waals surface area contributed by atoms with Crippen molar-refractivity contribution in [2.24, 2.45) is 0 Å². The minimum Gasteiger partial charge on any atom is -0.431 e. The minimum absolute atomic E-state index is 0.564. The first-order chi connectivity index (χ1) is 10.3. The number of nitrogen functional groups attached to an aromatic ring is 1. The van der Waals surface area contributed by atoms with Crippen LogP contribution in [0.4, 0.5) is 5.69 Å². The van der Waals surface area contributed by atoms with Gasteiger partial charge in [-0.15, -0.1) is 0 Å². The summed E-state index contributed by atoms with van der Waals surface area (Å²) in [4.78, 5) is 5.40. The van der Waals surface area contributed by atoms with E-state index in [4.69, 9.17) is 10.2 Å². The lowest BCUT2D eigenvalue weighted by Crippen LogP contribution is -1.85. The van der Waals surface area contributed by atoms with E-state index < -0.39 is 0 Å². The predicted octanol–water partition coefficient (Wildman–Crippen LogP) is 3.50. The Morgan fingerprint density at radius 1 is 1.05 bits per heavy atom. The molecule has 2 aromatic heterocycles. The van der Waals surface area contributed by atoms with Crippen molar-refractivity contribution in [3.63, 3.8) is 0 Å². The van der Waals surface area contributed by atoms with Gasteiger partial charge in [-0.3, -0.25) is 0 Å². The molecule has 0 bridgehead atoms.